The molecule has 0 atom stereocenters. The number of nitrogens with zero attached hydrogens (tertiary/aromatic N) is 2. The molecule has 0 saturated carbocycles. The number of ether oxygens (including phenoxy) is 2. The lowest BCUT2D eigenvalue weighted by Gasteiger charge is -2.24. The Hall–Kier alpha value is -1.06. The van der Waals surface area contributed by atoms with Crippen molar-refractivity contribution in [3.63, 3.8) is 0 Å². The Morgan fingerprint density at radius 1 is 1.15 bits per heavy atom. The van der Waals surface area contributed by atoms with E-state index in [2.05, 4.69) is 58.6 Å². The highest BCUT2D eigenvalue weighted by Crippen LogP contribution is 2.14. The summed E-state index contributed by atoms with van der Waals surface area (Å²) in [4.78, 5) is 6.62. The fourth-order valence-electron chi connectivity index (χ4n) is 2.45. The molecule has 0 heterocycles. The van der Waals surface area contributed by atoms with Gasteiger partial charge in [-0.05, 0) is 38.0 Å². The van der Waals surface area contributed by atoms with Crippen LogP contribution in [0.5, 0.6) is 0 Å². The monoisotopic (exact) mass is 478 g/mol. The largest absolute Gasteiger partial charge is 0.382 e. The van der Waals surface area contributed by atoms with E-state index in [1.54, 1.807) is 14.2 Å². The Bertz CT molecular complexity index is 500. The quantitative estimate of drug-likeness (QED) is 0.210. The first-order valence-corrected chi connectivity index (χ1v) is 9.04. The molecule has 0 aliphatic rings. The predicted molar refractivity (Wildman–Crippen MR) is 121 cm³/mol. The molecule has 0 aromatic heterocycles. The molecule has 2 N–H and O–H groups in total. The first-order valence-electron chi connectivity index (χ1n) is 9.04. The van der Waals surface area contributed by atoms with Crippen LogP contribution in [0.4, 0.5) is 5.69 Å². The summed E-state index contributed by atoms with van der Waals surface area (Å²) in [6.07, 6.45) is 0.939. The molecule has 0 fully saturated rings. The van der Waals surface area contributed by atoms with Crippen LogP contribution < -0.4 is 15.5 Å². The van der Waals surface area contributed by atoms with E-state index in [4.69, 9.17) is 9.47 Å². The van der Waals surface area contributed by atoms with E-state index < -0.39 is 0 Å². The van der Waals surface area contributed by atoms with Gasteiger partial charge in [0, 0.05) is 52.6 Å². The van der Waals surface area contributed by atoms with Gasteiger partial charge in [-0.3, -0.25) is 4.99 Å². The fraction of sp³-hybridized carbons (Fsp3) is 0.632. The van der Waals surface area contributed by atoms with Gasteiger partial charge < -0.3 is 25.0 Å². The molecular weight excluding hydrogens is 443 g/mol. The van der Waals surface area contributed by atoms with Gasteiger partial charge in [-0.15, -0.1) is 24.0 Å². The van der Waals surface area contributed by atoms with E-state index in [-0.39, 0.29) is 24.0 Å². The van der Waals surface area contributed by atoms with Crippen LogP contribution in [0.3, 0.4) is 0 Å². The maximum Gasteiger partial charge on any atom is 0.191 e. The number of hydrogen-bond donors (Lipinski definition) is 2. The Labute approximate surface area is 175 Å². The summed E-state index contributed by atoms with van der Waals surface area (Å²) < 4.78 is 10.4. The molecule has 0 bridgehead atoms. The molecule has 0 aliphatic carbocycles. The molecule has 0 spiro atoms. The molecule has 26 heavy (non-hydrogen) atoms. The number of halogens is 1. The second kappa shape index (κ2) is 16.1. The third kappa shape index (κ3) is 10.8. The fourth-order valence-corrected chi connectivity index (χ4v) is 2.45. The number of hydrogen-bond acceptors (Lipinski definition) is 4. The SMILES string of the molecule is CCN(CCNC(=NC)NCCCOCCOC)c1cccc(C)c1.I. The van der Waals surface area contributed by atoms with Crippen LogP contribution in [0.1, 0.15) is 18.9 Å². The maximum absolute atomic E-state index is 5.44. The zero-order valence-electron chi connectivity index (χ0n) is 16.6. The molecule has 0 amide bonds. The minimum atomic E-state index is 0. The third-order valence-electron chi connectivity index (χ3n) is 3.84. The number of anilines is 1. The van der Waals surface area contributed by atoms with Crippen LogP contribution in [-0.4, -0.2) is 66.1 Å². The van der Waals surface area contributed by atoms with Crippen molar-refractivity contribution in [1.29, 1.82) is 0 Å². The first-order chi connectivity index (χ1) is 12.2. The van der Waals surface area contributed by atoms with Gasteiger partial charge in [0.1, 0.15) is 0 Å². The van der Waals surface area contributed by atoms with E-state index in [0.29, 0.717) is 13.2 Å². The lowest BCUT2D eigenvalue weighted by Crippen LogP contribution is -2.42. The van der Waals surface area contributed by atoms with Crippen molar-refractivity contribution in [2.24, 2.45) is 4.99 Å². The number of aliphatic imine (C=N–C) groups is 1. The van der Waals surface area contributed by atoms with Crippen molar-refractivity contribution < 1.29 is 9.47 Å². The average molecular weight is 478 g/mol. The summed E-state index contributed by atoms with van der Waals surface area (Å²) in [6.45, 7) is 9.91. The summed E-state index contributed by atoms with van der Waals surface area (Å²) in [6, 6.07) is 8.61. The van der Waals surface area contributed by atoms with Crippen LogP contribution in [0.2, 0.25) is 0 Å². The van der Waals surface area contributed by atoms with Gasteiger partial charge in [0.2, 0.25) is 0 Å². The summed E-state index contributed by atoms with van der Waals surface area (Å²) in [7, 11) is 3.47. The van der Waals surface area contributed by atoms with Crippen molar-refractivity contribution in [2.75, 3.05) is 65.1 Å². The molecule has 0 saturated heterocycles. The zero-order valence-corrected chi connectivity index (χ0v) is 18.9. The van der Waals surface area contributed by atoms with E-state index in [1.165, 1.54) is 11.3 Å². The van der Waals surface area contributed by atoms with Crippen LogP contribution >= 0.6 is 24.0 Å². The highest BCUT2D eigenvalue weighted by molar-refractivity contribution is 14.0. The number of benzene rings is 1. The maximum atomic E-state index is 5.44. The van der Waals surface area contributed by atoms with Crippen LogP contribution in [0.25, 0.3) is 0 Å². The van der Waals surface area contributed by atoms with Gasteiger partial charge in [-0.25, -0.2) is 0 Å². The van der Waals surface area contributed by atoms with Gasteiger partial charge in [0.05, 0.1) is 13.2 Å². The van der Waals surface area contributed by atoms with Crippen molar-refractivity contribution in [2.45, 2.75) is 20.3 Å². The van der Waals surface area contributed by atoms with Gasteiger partial charge in [0.25, 0.3) is 0 Å². The molecule has 1 aromatic rings. The van der Waals surface area contributed by atoms with Crippen molar-refractivity contribution in [3.8, 4) is 0 Å². The molecule has 0 aliphatic heterocycles. The van der Waals surface area contributed by atoms with E-state index in [9.17, 15) is 0 Å². The average Bonchev–Trinajstić information content (AvgIpc) is 2.62. The predicted octanol–water partition coefficient (Wildman–Crippen LogP) is 2.66. The Morgan fingerprint density at radius 3 is 2.58 bits per heavy atom. The molecule has 7 heteroatoms. The Balaban J connectivity index is 0.00000625. The van der Waals surface area contributed by atoms with Gasteiger partial charge in [0.15, 0.2) is 5.96 Å². The minimum Gasteiger partial charge on any atom is -0.382 e. The number of likely N-dealkylation sites (N-methyl/N-ethyl adjacent to an activating group) is 1. The number of rotatable bonds is 12. The van der Waals surface area contributed by atoms with Gasteiger partial charge in [-0.2, -0.15) is 0 Å². The van der Waals surface area contributed by atoms with E-state index in [0.717, 1.165) is 45.2 Å². The Kier molecular flexibility index (Phi) is 15.5. The van der Waals surface area contributed by atoms with E-state index in [1.807, 2.05) is 0 Å². The molecule has 6 nitrogen and oxygen atoms in total. The summed E-state index contributed by atoms with van der Waals surface area (Å²) in [5, 5.41) is 6.68. The van der Waals surface area contributed by atoms with Crippen LogP contribution in [-0.2, 0) is 9.47 Å². The summed E-state index contributed by atoms with van der Waals surface area (Å²) in [5.41, 5.74) is 2.55. The van der Waals surface area contributed by atoms with Crippen molar-refractivity contribution in [3.05, 3.63) is 29.8 Å². The lowest BCUT2D eigenvalue weighted by atomic mass is 10.2. The molecule has 0 unspecified atom stereocenters. The smallest absolute Gasteiger partial charge is 0.191 e. The van der Waals surface area contributed by atoms with Crippen molar-refractivity contribution in [1.82, 2.24) is 10.6 Å². The lowest BCUT2D eigenvalue weighted by molar-refractivity contribution is 0.0698. The van der Waals surface area contributed by atoms with Crippen LogP contribution in [0.15, 0.2) is 29.3 Å². The van der Waals surface area contributed by atoms with Crippen molar-refractivity contribution >= 4 is 35.6 Å². The third-order valence-corrected chi connectivity index (χ3v) is 3.84. The number of guanidine groups is 1. The highest BCUT2D eigenvalue weighted by Gasteiger charge is 2.04. The minimum absolute atomic E-state index is 0. The van der Waals surface area contributed by atoms with E-state index >= 15 is 0 Å². The highest BCUT2D eigenvalue weighted by atomic mass is 127. The van der Waals surface area contributed by atoms with Crippen LogP contribution in [0, 0.1) is 6.92 Å². The Morgan fingerprint density at radius 2 is 1.92 bits per heavy atom. The standard InChI is InChI=1S/C19H34N4O2.HI/c1-5-23(18-9-6-8-17(2)16-18)12-11-22-19(20-3)21-10-7-13-25-15-14-24-4;/h6,8-9,16H,5,7,10-15H2,1-4H3,(H2,20,21,22);1H. The topological polar surface area (TPSA) is 58.1 Å². The second-order valence-corrected chi connectivity index (χ2v) is 5.80. The molecule has 1 aromatic carbocycles. The molecular formula is C19H35IN4O2. The number of nitrogens with one attached hydrogen (secondary N) is 2. The first kappa shape index (κ1) is 24.9. The number of aryl methyl sites for hydroxylation is 1. The molecule has 150 valence electrons. The van der Waals surface area contributed by atoms with Gasteiger partial charge >= 0.3 is 0 Å². The number of methoxy groups -OCH3 is 1. The zero-order chi connectivity index (χ0) is 18.3. The normalized spacial score (nSPS) is 11.0. The van der Waals surface area contributed by atoms with Gasteiger partial charge in [-0.1, -0.05) is 12.1 Å². The second-order valence-electron chi connectivity index (χ2n) is 5.80. The summed E-state index contributed by atoms with van der Waals surface area (Å²) >= 11 is 0. The molecule has 0 radical (unpaired) electrons. The summed E-state index contributed by atoms with van der Waals surface area (Å²) in [5.74, 6) is 0.831. The molecule has 1 rings (SSSR count).